The second-order valence-corrected chi connectivity index (χ2v) is 3.34. The van der Waals surface area contributed by atoms with Crippen molar-refractivity contribution in [3.05, 3.63) is 23.3 Å². The Kier molecular flexibility index (Phi) is 2.15. The van der Waals surface area contributed by atoms with Crippen LogP contribution in [-0.4, -0.2) is 28.1 Å². The molecule has 0 aliphatic carbocycles. The summed E-state index contributed by atoms with van der Waals surface area (Å²) < 4.78 is 4.68. The van der Waals surface area contributed by atoms with E-state index in [1.807, 2.05) is 13.0 Å². The fourth-order valence-corrected chi connectivity index (χ4v) is 1.51. The van der Waals surface area contributed by atoms with Crippen LogP contribution < -0.4 is 0 Å². The molecule has 0 saturated carbocycles. The molecule has 1 heterocycles. The number of carbonyl (C=O) groups excluding carboxylic acids is 1. The molecule has 0 radical (unpaired) electrons. The maximum absolute atomic E-state index is 11.4. The Morgan fingerprint density at radius 1 is 1.33 bits per heavy atom. The van der Waals surface area contributed by atoms with Gasteiger partial charge in [-0.25, -0.2) is 4.79 Å². The Balaban J connectivity index is 2.66. The van der Waals surface area contributed by atoms with E-state index in [-0.39, 0.29) is 5.97 Å². The zero-order chi connectivity index (χ0) is 11.0. The van der Waals surface area contributed by atoms with Crippen molar-refractivity contribution < 1.29 is 9.53 Å². The molecule has 15 heavy (non-hydrogen) atoms. The molecule has 0 atom stereocenters. The number of aryl methyl sites for hydroxylation is 2. The maximum atomic E-state index is 11.4. The number of esters is 1. The minimum absolute atomic E-state index is 0.347. The smallest absolute Gasteiger partial charge is 0.338 e. The second-order valence-electron chi connectivity index (χ2n) is 3.34. The largest absolute Gasteiger partial charge is 0.465 e. The molecule has 2 aromatic rings. The van der Waals surface area contributed by atoms with Crippen molar-refractivity contribution in [2.75, 3.05) is 7.11 Å². The molecule has 0 spiro atoms. The quantitative estimate of drug-likeness (QED) is 0.653. The average Bonchev–Trinajstić information content (AvgIpc) is 2.55. The molecule has 0 amide bonds. The van der Waals surface area contributed by atoms with Gasteiger partial charge >= 0.3 is 5.97 Å². The van der Waals surface area contributed by atoms with Crippen LogP contribution in [0.25, 0.3) is 11.0 Å². The number of hydrogen-bond acceptors (Lipinski definition) is 4. The second kappa shape index (κ2) is 3.34. The lowest BCUT2D eigenvalue weighted by Crippen LogP contribution is -2.03. The van der Waals surface area contributed by atoms with Crippen LogP contribution in [0.1, 0.15) is 15.9 Å². The van der Waals surface area contributed by atoms with E-state index in [2.05, 4.69) is 14.9 Å². The van der Waals surface area contributed by atoms with E-state index < -0.39 is 0 Å². The molecule has 0 saturated heterocycles. The van der Waals surface area contributed by atoms with Crippen LogP contribution in [0.15, 0.2) is 12.1 Å². The Labute approximate surface area is 86.6 Å². The van der Waals surface area contributed by atoms with Crippen molar-refractivity contribution in [1.82, 2.24) is 15.0 Å². The standard InChI is InChI=1S/C10H11N3O2/c1-6-4-8-9(12-13(2)11-8)5-7(6)10(14)15-3/h4-5H,1-3H3. The first-order valence-electron chi connectivity index (χ1n) is 4.52. The van der Waals surface area contributed by atoms with Crippen LogP contribution >= 0.6 is 0 Å². The number of methoxy groups -OCH3 is 1. The minimum atomic E-state index is -0.347. The Morgan fingerprint density at radius 3 is 2.53 bits per heavy atom. The first-order valence-corrected chi connectivity index (χ1v) is 4.52. The summed E-state index contributed by atoms with van der Waals surface area (Å²) in [5, 5.41) is 8.28. The number of ether oxygens (including phenoxy) is 1. The Bertz CT molecular complexity index is 531. The normalized spacial score (nSPS) is 10.6. The van der Waals surface area contributed by atoms with Crippen molar-refractivity contribution in [3.63, 3.8) is 0 Å². The monoisotopic (exact) mass is 205 g/mol. The number of benzene rings is 1. The summed E-state index contributed by atoms with van der Waals surface area (Å²) in [7, 11) is 3.11. The molecule has 0 fully saturated rings. The van der Waals surface area contributed by atoms with Gasteiger partial charge in [-0.15, -0.1) is 0 Å². The highest BCUT2D eigenvalue weighted by molar-refractivity contribution is 5.95. The lowest BCUT2D eigenvalue weighted by Gasteiger charge is -2.02. The van der Waals surface area contributed by atoms with Crippen LogP contribution in [0.5, 0.6) is 0 Å². The van der Waals surface area contributed by atoms with Crippen molar-refractivity contribution >= 4 is 17.0 Å². The van der Waals surface area contributed by atoms with Crippen LogP contribution in [0.3, 0.4) is 0 Å². The van der Waals surface area contributed by atoms with Gasteiger partial charge < -0.3 is 4.74 Å². The summed E-state index contributed by atoms with van der Waals surface area (Å²) >= 11 is 0. The van der Waals surface area contributed by atoms with E-state index >= 15 is 0 Å². The summed E-state index contributed by atoms with van der Waals surface area (Å²) in [5.41, 5.74) is 2.85. The molecule has 78 valence electrons. The first kappa shape index (κ1) is 9.64. The van der Waals surface area contributed by atoms with Gasteiger partial charge in [-0.2, -0.15) is 15.0 Å². The van der Waals surface area contributed by atoms with E-state index in [4.69, 9.17) is 0 Å². The third-order valence-corrected chi connectivity index (χ3v) is 2.23. The number of nitrogens with zero attached hydrogens (tertiary/aromatic N) is 3. The van der Waals surface area contributed by atoms with Crippen molar-refractivity contribution in [3.8, 4) is 0 Å². The van der Waals surface area contributed by atoms with Crippen LogP contribution in [0.2, 0.25) is 0 Å². The number of fused-ring (bicyclic) bond motifs is 1. The predicted octanol–water partition coefficient (Wildman–Crippen LogP) is 1.06. The lowest BCUT2D eigenvalue weighted by molar-refractivity contribution is 0.0600. The molecule has 1 aromatic heterocycles. The highest BCUT2D eigenvalue weighted by Crippen LogP contribution is 2.16. The molecule has 0 aliphatic heterocycles. The van der Waals surface area contributed by atoms with Crippen LogP contribution in [-0.2, 0) is 11.8 Å². The highest BCUT2D eigenvalue weighted by atomic mass is 16.5. The van der Waals surface area contributed by atoms with Gasteiger partial charge in [0, 0.05) is 7.05 Å². The average molecular weight is 205 g/mol. The number of hydrogen-bond donors (Lipinski definition) is 0. The lowest BCUT2D eigenvalue weighted by atomic mass is 10.1. The van der Waals surface area contributed by atoms with E-state index in [0.717, 1.165) is 11.1 Å². The highest BCUT2D eigenvalue weighted by Gasteiger charge is 2.12. The zero-order valence-electron chi connectivity index (χ0n) is 8.81. The van der Waals surface area contributed by atoms with Crippen LogP contribution in [0.4, 0.5) is 0 Å². The summed E-state index contributed by atoms with van der Waals surface area (Å²) in [4.78, 5) is 12.9. The van der Waals surface area contributed by atoms with E-state index in [9.17, 15) is 4.79 Å². The summed E-state index contributed by atoms with van der Waals surface area (Å²) in [5.74, 6) is -0.347. The van der Waals surface area contributed by atoms with Crippen molar-refractivity contribution in [2.45, 2.75) is 6.92 Å². The third kappa shape index (κ3) is 1.56. The fourth-order valence-electron chi connectivity index (χ4n) is 1.51. The van der Waals surface area contributed by atoms with Gasteiger partial charge in [0.15, 0.2) is 0 Å². The van der Waals surface area contributed by atoms with Gasteiger partial charge in [-0.05, 0) is 24.6 Å². The maximum Gasteiger partial charge on any atom is 0.338 e. The topological polar surface area (TPSA) is 57.0 Å². The Hall–Kier alpha value is -1.91. The van der Waals surface area contributed by atoms with Gasteiger partial charge in [0.05, 0.1) is 12.7 Å². The number of aromatic nitrogens is 3. The van der Waals surface area contributed by atoms with E-state index in [1.165, 1.54) is 11.9 Å². The molecular formula is C10H11N3O2. The number of rotatable bonds is 1. The first-order chi connectivity index (χ1) is 7.11. The molecular weight excluding hydrogens is 194 g/mol. The molecule has 0 N–H and O–H groups in total. The van der Waals surface area contributed by atoms with E-state index in [0.29, 0.717) is 11.1 Å². The molecule has 0 aliphatic rings. The molecule has 0 unspecified atom stereocenters. The summed E-state index contributed by atoms with van der Waals surface area (Å²) in [6.45, 7) is 1.85. The SMILES string of the molecule is COC(=O)c1cc2nn(C)nc2cc1C. The van der Waals surface area contributed by atoms with Crippen molar-refractivity contribution in [2.24, 2.45) is 7.05 Å². The fraction of sp³-hybridized carbons (Fsp3) is 0.300. The Morgan fingerprint density at radius 2 is 1.93 bits per heavy atom. The van der Waals surface area contributed by atoms with Gasteiger partial charge in [-0.3, -0.25) is 0 Å². The molecule has 1 aromatic carbocycles. The zero-order valence-corrected chi connectivity index (χ0v) is 8.81. The van der Waals surface area contributed by atoms with E-state index in [1.54, 1.807) is 13.1 Å². The van der Waals surface area contributed by atoms with Gasteiger partial charge in [0.1, 0.15) is 11.0 Å². The minimum Gasteiger partial charge on any atom is -0.465 e. The summed E-state index contributed by atoms with van der Waals surface area (Å²) in [6, 6.07) is 3.53. The van der Waals surface area contributed by atoms with Gasteiger partial charge in [0.25, 0.3) is 0 Å². The number of carbonyl (C=O) groups is 1. The molecule has 5 nitrogen and oxygen atoms in total. The van der Waals surface area contributed by atoms with Crippen molar-refractivity contribution in [1.29, 1.82) is 0 Å². The van der Waals surface area contributed by atoms with Gasteiger partial charge in [0.2, 0.25) is 0 Å². The predicted molar refractivity (Wildman–Crippen MR) is 54.6 cm³/mol. The molecule has 2 rings (SSSR count). The third-order valence-electron chi connectivity index (χ3n) is 2.23. The summed E-state index contributed by atoms with van der Waals surface area (Å²) in [6.07, 6.45) is 0. The van der Waals surface area contributed by atoms with Crippen LogP contribution in [0, 0.1) is 6.92 Å². The van der Waals surface area contributed by atoms with Gasteiger partial charge in [-0.1, -0.05) is 0 Å². The molecule has 0 bridgehead atoms. The molecule has 5 heteroatoms.